The van der Waals surface area contributed by atoms with Crippen LogP contribution in [0.5, 0.6) is 5.88 Å². The fourth-order valence-electron chi connectivity index (χ4n) is 2.09. The Kier molecular flexibility index (Phi) is 4.26. The zero-order chi connectivity index (χ0) is 16.9. The Balaban J connectivity index is 2.00. The van der Waals surface area contributed by atoms with E-state index in [2.05, 4.69) is 19.9 Å². The molecule has 0 radical (unpaired) electrons. The third-order valence-corrected chi connectivity index (χ3v) is 3.09. The van der Waals surface area contributed by atoms with Crippen molar-refractivity contribution in [2.45, 2.75) is 13.2 Å². The maximum atomic E-state index is 10.9. The number of aliphatic imine (C=N–C) groups is 1. The zero-order valence-corrected chi connectivity index (χ0v) is 12.3. The first-order valence-electron chi connectivity index (χ1n) is 6.86. The van der Waals surface area contributed by atoms with Crippen molar-refractivity contribution in [1.29, 1.82) is 0 Å². The summed E-state index contributed by atoms with van der Waals surface area (Å²) in [5.41, 5.74) is 1.41. The number of isocyanates is 1. The van der Waals surface area contributed by atoms with E-state index in [9.17, 15) is 9.59 Å². The number of hydrogen-bond donors (Lipinski definition) is 1. The molecule has 2 heterocycles. The predicted molar refractivity (Wildman–Crippen MR) is 81.5 cm³/mol. The molecule has 9 nitrogen and oxygen atoms in total. The summed E-state index contributed by atoms with van der Waals surface area (Å²) < 4.78 is 6.95. The first-order valence-corrected chi connectivity index (χ1v) is 6.86. The van der Waals surface area contributed by atoms with Gasteiger partial charge in [0.15, 0.2) is 11.2 Å². The van der Waals surface area contributed by atoms with Gasteiger partial charge < -0.3 is 14.4 Å². The molecule has 0 aliphatic heterocycles. The molecule has 2 aromatic heterocycles. The van der Waals surface area contributed by atoms with Crippen molar-refractivity contribution in [2.75, 3.05) is 0 Å². The average molecular weight is 325 g/mol. The standard InChI is InChI=1S/C15H11N5O4/c21-9-17-15-18-13-12(16-8-20(13)6-11(22)23)14(19-15)24-7-10-4-2-1-3-5-10/h1-5,8H,6-7H2,(H,22,23). The molecular formula is C15H11N5O4. The smallest absolute Gasteiger partial charge is 0.323 e. The molecule has 1 aromatic carbocycles. The third-order valence-electron chi connectivity index (χ3n) is 3.09. The summed E-state index contributed by atoms with van der Waals surface area (Å²) in [4.78, 5) is 36.9. The monoisotopic (exact) mass is 325 g/mol. The highest BCUT2D eigenvalue weighted by Crippen LogP contribution is 2.24. The van der Waals surface area contributed by atoms with Crippen molar-refractivity contribution in [3.05, 3.63) is 42.2 Å². The lowest BCUT2D eigenvalue weighted by atomic mass is 10.2. The molecule has 1 N–H and O–H groups in total. The van der Waals surface area contributed by atoms with Crippen LogP contribution in [-0.2, 0) is 22.7 Å². The molecule has 0 fully saturated rings. The number of hydrogen-bond acceptors (Lipinski definition) is 7. The molecule has 0 bridgehead atoms. The summed E-state index contributed by atoms with van der Waals surface area (Å²) in [5.74, 6) is -1.12. The topological polar surface area (TPSA) is 120 Å². The molecule has 0 aliphatic carbocycles. The number of carbonyl (C=O) groups is 1. The number of rotatable bonds is 6. The third kappa shape index (κ3) is 3.26. The summed E-state index contributed by atoms with van der Waals surface area (Å²) >= 11 is 0. The Bertz CT molecular complexity index is 932. The van der Waals surface area contributed by atoms with Gasteiger partial charge in [-0.2, -0.15) is 9.97 Å². The van der Waals surface area contributed by atoms with E-state index in [1.165, 1.54) is 17.0 Å². The first kappa shape index (κ1) is 15.3. The van der Waals surface area contributed by atoms with Gasteiger partial charge in [0.05, 0.1) is 6.33 Å². The molecule has 0 aliphatic rings. The van der Waals surface area contributed by atoms with E-state index in [1.807, 2.05) is 30.3 Å². The summed E-state index contributed by atoms with van der Waals surface area (Å²) in [5, 5.41) is 8.93. The summed E-state index contributed by atoms with van der Waals surface area (Å²) in [7, 11) is 0. The molecule has 24 heavy (non-hydrogen) atoms. The van der Waals surface area contributed by atoms with Crippen LogP contribution in [0.25, 0.3) is 11.2 Å². The largest absolute Gasteiger partial charge is 0.480 e. The van der Waals surface area contributed by atoms with Crippen molar-refractivity contribution in [3.8, 4) is 5.88 Å². The molecule has 3 aromatic rings. The fraction of sp³-hybridized carbons (Fsp3) is 0.133. The summed E-state index contributed by atoms with van der Waals surface area (Å²) in [6.45, 7) is -0.112. The van der Waals surface area contributed by atoms with Gasteiger partial charge in [0.1, 0.15) is 13.2 Å². The second-order valence-electron chi connectivity index (χ2n) is 4.74. The molecule has 0 amide bonds. The zero-order valence-electron chi connectivity index (χ0n) is 12.3. The van der Waals surface area contributed by atoms with Crippen LogP contribution in [0, 0.1) is 0 Å². The number of nitrogens with zero attached hydrogens (tertiary/aromatic N) is 5. The number of benzene rings is 1. The minimum atomic E-state index is -1.06. The van der Waals surface area contributed by atoms with Gasteiger partial charge in [-0.25, -0.2) is 9.78 Å². The fourth-order valence-corrected chi connectivity index (χ4v) is 2.09. The van der Waals surface area contributed by atoms with Crippen LogP contribution in [0.2, 0.25) is 0 Å². The second kappa shape index (κ2) is 6.67. The van der Waals surface area contributed by atoms with E-state index in [1.54, 1.807) is 0 Å². The number of carboxylic acids is 1. The molecule has 0 atom stereocenters. The van der Waals surface area contributed by atoms with Crippen molar-refractivity contribution in [1.82, 2.24) is 19.5 Å². The molecule has 0 unspecified atom stereocenters. The Morgan fingerprint density at radius 1 is 1.29 bits per heavy atom. The van der Waals surface area contributed by atoms with Crippen LogP contribution in [0.1, 0.15) is 5.56 Å². The minimum absolute atomic E-state index is 0.113. The van der Waals surface area contributed by atoms with Crippen LogP contribution in [0.3, 0.4) is 0 Å². The second-order valence-corrected chi connectivity index (χ2v) is 4.74. The number of fused-ring (bicyclic) bond motifs is 1. The number of aromatic nitrogens is 4. The van der Waals surface area contributed by atoms with Gasteiger partial charge in [-0.05, 0) is 5.56 Å². The van der Waals surface area contributed by atoms with Crippen molar-refractivity contribution >= 4 is 29.2 Å². The molecule has 0 spiro atoms. The maximum absolute atomic E-state index is 10.9. The molecule has 3 rings (SSSR count). The van der Waals surface area contributed by atoms with Gasteiger partial charge in [-0.1, -0.05) is 30.3 Å². The van der Waals surface area contributed by atoms with Gasteiger partial charge in [0, 0.05) is 0 Å². The van der Waals surface area contributed by atoms with Crippen molar-refractivity contribution in [2.24, 2.45) is 4.99 Å². The highest BCUT2D eigenvalue weighted by atomic mass is 16.5. The van der Waals surface area contributed by atoms with E-state index in [4.69, 9.17) is 9.84 Å². The SMILES string of the molecule is O=C=Nc1nc(OCc2ccccc2)c2ncn(CC(=O)O)c2n1. The number of carboxylic acid groups (broad SMARTS) is 1. The lowest BCUT2D eigenvalue weighted by Crippen LogP contribution is -2.08. The lowest BCUT2D eigenvalue weighted by molar-refractivity contribution is -0.137. The van der Waals surface area contributed by atoms with E-state index in [0.717, 1.165) is 5.56 Å². The van der Waals surface area contributed by atoms with Gasteiger partial charge in [-0.3, -0.25) is 4.79 Å². The molecule has 0 saturated heterocycles. The average Bonchev–Trinajstić information content (AvgIpc) is 2.96. The summed E-state index contributed by atoms with van der Waals surface area (Å²) in [6, 6.07) is 9.39. The highest BCUT2D eigenvalue weighted by Gasteiger charge is 2.16. The minimum Gasteiger partial charge on any atom is -0.480 e. The lowest BCUT2D eigenvalue weighted by Gasteiger charge is -2.06. The Morgan fingerprint density at radius 3 is 2.79 bits per heavy atom. The van der Waals surface area contributed by atoms with Crippen LogP contribution in [0.15, 0.2) is 41.7 Å². The normalized spacial score (nSPS) is 10.3. The van der Waals surface area contributed by atoms with Gasteiger partial charge in [0.2, 0.25) is 12.0 Å². The Labute approximate surface area is 135 Å². The van der Waals surface area contributed by atoms with Crippen LogP contribution in [0.4, 0.5) is 5.95 Å². The van der Waals surface area contributed by atoms with E-state index in [0.29, 0.717) is 0 Å². The van der Waals surface area contributed by atoms with E-state index in [-0.39, 0.29) is 36.1 Å². The van der Waals surface area contributed by atoms with Gasteiger partial charge in [-0.15, -0.1) is 4.99 Å². The first-order chi connectivity index (χ1) is 11.7. The summed E-state index contributed by atoms with van der Waals surface area (Å²) in [6.07, 6.45) is 2.67. The number of carbonyl (C=O) groups excluding carboxylic acids is 1. The molecule has 0 saturated carbocycles. The quantitative estimate of drug-likeness (QED) is 0.538. The molecule has 9 heteroatoms. The van der Waals surface area contributed by atoms with Crippen LogP contribution in [-0.4, -0.2) is 36.7 Å². The highest BCUT2D eigenvalue weighted by molar-refractivity contribution is 5.79. The van der Waals surface area contributed by atoms with Gasteiger partial charge >= 0.3 is 5.97 Å². The Hall–Kier alpha value is -3.58. The van der Waals surface area contributed by atoms with Crippen molar-refractivity contribution in [3.63, 3.8) is 0 Å². The molecular weight excluding hydrogens is 314 g/mol. The van der Waals surface area contributed by atoms with E-state index < -0.39 is 5.97 Å². The van der Waals surface area contributed by atoms with Crippen molar-refractivity contribution < 1.29 is 19.4 Å². The van der Waals surface area contributed by atoms with Crippen LogP contribution >= 0.6 is 0 Å². The number of imidazole rings is 1. The number of ether oxygens (including phenoxy) is 1. The predicted octanol–water partition coefficient (Wildman–Crippen LogP) is 1.46. The number of aliphatic carboxylic acids is 1. The van der Waals surface area contributed by atoms with Crippen LogP contribution < -0.4 is 4.74 Å². The Morgan fingerprint density at radius 2 is 2.08 bits per heavy atom. The van der Waals surface area contributed by atoms with E-state index >= 15 is 0 Å². The maximum Gasteiger partial charge on any atom is 0.323 e. The van der Waals surface area contributed by atoms with Gasteiger partial charge in [0.25, 0.3) is 5.95 Å². The molecule has 120 valence electrons.